The Morgan fingerprint density at radius 3 is 2.54 bits per heavy atom. The zero-order valence-electron chi connectivity index (χ0n) is 13.6. The third-order valence-electron chi connectivity index (χ3n) is 4.60. The van der Waals surface area contributed by atoms with Crippen molar-refractivity contribution in [1.29, 1.82) is 0 Å². The molecule has 1 amide bonds. The molecular weight excluding hydrogens is 312 g/mol. The number of hydrogen-bond acceptors (Lipinski definition) is 2. The van der Waals surface area contributed by atoms with Gasteiger partial charge in [0.25, 0.3) is 0 Å². The van der Waals surface area contributed by atoms with E-state index in [0.717, 1.165) is 0 Å². The Kier molecular flexibility index (Phi) is 4.13. The number of hydrogen-bond donors (Lipinski definition) is 1. The lowest BCUT2D eigenvalue weighted by molar-refractivity contribution is -0.122. The number of benzene rings is 2. The predicted octanol–water partition coefficient (Wildman–Crippen LogP) is 3.71. The van der Waals surface area contributed by atoms with E-state index in [1.165, 1.54) is 23.1 Å². The number of halogens is 2. The molecule has 1 atom stereocenters. The van der Waals surface area contributed by atoms with E-state index in [2.05, 4.69) is 0 Å². The Morgan fingerprint density at radius 1 is 1.17 bits per heavy atom. The fourth-order valence-corrected chi connectivity index (χ4v) is 3.36. The molecule has 2 aromatic carbocycles. The van der Waals surface area contributed by atoms with E-state index in [1.807, 2.05) is 0 Å². The summed E-state index contributed by atoms with van der Waals surface area (Å²) in [5.41, 5.74) is 0.477. The van der Waals surface area contributed by atoms with E-state index >= 15 is 0 Å². The molecule has 0 spiro atoms. The second-order valence-electron chi connectivity index (χ2n) is 6.52. The molecule has 2 aromatic rings. The van der Waals surface area contributed by atoms with Crippen molar-refractivity contribution >= 4 is 11.6 Å². The Morgan fingerprint density at radius 2 is 1.88 bits per heavy atom. The van der Waals surface area contributed by atoms with Crippen LogP contribution in [0.1, 0.15) is 37.4 Å². The predicted molar refractivity (Wildman–Crippen MR) is 87.8 cm³/mol. The molecule has 0 saturated carbocycles. The number of rotatable bonds is 4. The molecule has 0 aliphatic carbocycles. The zero-order chi connectivity index (χ0) is 17.5. The molecule has 1 aliphatic rings. The maximum atomic E-state index is 14.5. The fraction of sp³-hybridized carbons (Fsp3) is 0.316. The molecule has 3 nitrogen and oxygen atoms in total. The molecule has 1 N–H and O–H groups in total. The van der Waals surface area contributed by atoms with Crippen LogP contribution in [0.3, 0.4) is 0 Å². The van der Waals surface area contributed by atoms with Crippen LogP contribution in [0, 0.1) is 11.6 Å². The summed E-state index contributed by atoms with van der Waals surface area (Å²) in [5.74, 6) is -1.19. The lowest BCUT2D eigenvalue weighted by Crippen LogP contribution is -2.39. The van der Waals surface area contributed by atoms with Gasteiger partial charge in [0.2, 0.25) is 5.91 Å². The minimum absolute atomic E-state index is 0.193. The number of fused-ring (bicyclic) bond motifs is 1. The van der Waals surface area contributed by atoms with Crippen molar-refractivity contribution in [1.82, 2.24) is 0 Å². The summed E-state index contributed by atoms with van der Waals surface area (Å²) in [6, 6.07) is 9.85. The number of aliphatic hydroxyl groups excluding tert-OH is 1. The van der Waals surface area contributed by atoms with Gasteiger partial charge in [0.05, 0.1) is 17.1 Å². The fourth-order valence-electron chi connectivity index (χ4n) is 3.36. The molecule has 0 bridgehead atoms. The third-order valence-corrected chi connectivity index (χ3v) is 4.60. The van der Waals surface area contributed by atoms with Gasteiger partial charge in [-0.15, -0.1) is 0 Å². The molecule has 1 aliphatic heterocycles. The van der Waals surface area contributed by atoms with E-state index in [0.29, 0.717) is 11.1 Å². The van der Waals surface area contributed by atoms with Gasteiger partial charge in [0, 0.05) is 6.61 Å². The monoisotopic (exact) mass is 331 g/mol. The molecule has 126 valence electrons. The van der Waals surface area contributed by atoms with E-state index in [9.17, 15) is 18.7 Å². The van der Waals surface area contributed by atoms with Crippen molar-refractivity contribution in [2.24, 2.45) is 0 Å². The lowest BCUT2D eigenvalue weighted by atomic mass is 9.86. The molecule has 0 saturated heterocycles. The highest BCUT2D eigenvalue weighted by molar-refractivity contribution is 6.08. The highest BCUT2D eigenvalue weighted by Gasteiger charge is 2.47. The van der Waals surface area contributed by atoms with E-state index in [1.54, 1.807) is 38.1 Å². The first kappa shape index (κ1) is 16.6. The first-order valence-electron chi connectivity index (χ1n) is 7.87. The van der Waals surface area contributed by atoms with Gasteiger partial charge in [0.1, 0.15) is 11.6 Å². The number of para-hydroxylation sites is 1. The molecule has 0 aromatic heterocycles. The molecule has 3 rings (SSSR count). The van der Waals surface area contributed by atoms with Crippen LogP contribution in [0.15, 0.2) is 42.5 Å². The molecule has 0 unspecified atom stereocenters. The van der Waals surface area contributed by atoms with Gasteiger partial charge in [0.15, 0.2) is 0 Å². The van der Waals surface area contributed by atoms with E-state index < -0.39 is 23.1 Å². The normalized spacial score (nSPS) is 17.0. The van der Waals surface area contributed by atoms with Gasteiger partial charge >= 0.3 is 0 Å². The molecule has 0 radical (unpaired) electrons. The van der Waals surface area contributed by atoms with Crippen LogP contribution >= 0.6 is 0 Å². The number of nitrogens with zero attached hydrogens (tertiary/aromatic N) is 1. The second-order valence-corrected chi connectivity index (χ2v) is 6.52. The minimum Gasteiger partial charge on any atom is -0.396 e. The SMILES string of the molecule is CC1(C)C(=O)N([C@@H](CCO)c2cccc(F)c2)c2c(F)cccc21. The summed E-state index contributed by atoms with van der Waals surface area (Å²) in [5, 5.41) is 9.44. The summed E-state index contributed by atoms with van der Waals surface area (Å²) in [4.78, 5) is 14.4. The zero-order valence-corrected chi connectivity index (χ0v) is 13.6. The summed E-state index contributed by atoms with van der Waals surface area (Å²) in [6.45, 7) is 3.29. The number of aliphatic hydroxyl groups is 1. The van der Waals surface area contributed by atoms with Crippen molar-refractivity contribution in [3.05, 3.63) is 65.2 Å². The van der Waals surface area contributed by atoms with Gasteiger partial charge in [-0.25, -0.2) is 8.78 Å². The maximum Gasteiger partial charge on any atom is 0.237 e. The van der Waals surface area contributed by atoms with Gasteiger partial charge < -0.3 is 10.0 Å². The van der Waals surface area contributed by atoms with E-state index in [-0.39, 0.29) is 24.6 Å². The van der Waals surface area contributed by atoms with Crippen LogP contribution in [0.25, 0.3) is 0 Å². The summed E-state index contributed by atoms with van der Waals surface area (Å²) in [7, 11) is 0. The maximum absolute atomic E-state index is 14.5. The Balaban J connectivity index is 2.17. The van der Waals surface area contributed by atoms with Crippen molar-refractivity contribution in [3.8, 4) is 0 Å². The second kappa shape index (κ2) is 5.98. The first-order valence-corrected chi connectivity index (χ1v) is 7.87. The Labute approximate surface area is 139 Å². The van der Waals surface area contributed by atoms with Crippen molar-refractivity contribution < 1.29 is 18.7 Å². The van der Waals surface area contributed by atoms with Gasteiger partial charge in [-0.2, -0.15) is 0 Å². The summed E-state index contributed by atoms with van der Waals surface area (Å²) < 4.78 is 28.2. The van der Waals surface area contributed by atoms with Crippen LogP contribution in [0.2, 0.25) is 0 Å². The Hall–Kier alpha value is -2.27. The van der Waals surface area contributed by atoms with Crippen molar-refractivity contribution in [2.45, 2.75) is 31.7 Å². The first-order chi connectivity index (χ1) is 11.4. The average molecular weight is 331 g/mol. The summed E-state index contributed by atoms with van der Waals surface area (Å²) >= 11 is 0. The number of amides is 1. The van der Waals surface area contributed by atoms with Crippen LogP contribution in [-0.4, -0.2) is 17.6 Å². The molecule has 0 fully saturated rings. The van der Waals surface area contributed by atoms with Crippen molar-refractivity contribution in [3.63, 3.8) is 0 Å². The van der Waals surface area contributed by atoms with Gasteiger partial charge in [-0.05, 0) is 49.6 Å². The molecule has 5 heteroatoms. The molecule has 24 heavy (non-hydrogen) atoms. The highest BCUT2D eigenvalue weighted by atomic mass is 19.1. The standard InChI is InChI=1S/C19H19F2NO2/c1-19(2)14-7-4-8-15(21)17(14)22(18(19)24)16(9-10-23)12-5-3-6-13(20)11-12/h3-8,11,16,23H,9-10H2,1-2H3/t16-/m0/s1. The van der Waals surface area contributed by atoms with E-state index in [4.69, 9.17) is 0 Å². The number of carbonyl (C=O) groups is 1. The van der Waals surface area contributed by atoms with Gasteiger partial charge in [-0.3, -0.25) is 4.79 Å². The van der Waals surface area contributed by atoms with Gasteiger partial charge in [-0.1, -0.05) is 24.3 Å². The number of anilines is 1. The number of carbonyl (C=O) groups excluding carboxylic acids is 1. The topological polar surface area (TPSA) is 40.5 Å². The smallest absolute Gasteiger partial charge is 0.237 e. The average Bonchev–Trinajstić information content (AvgIpc) is 2.74. The summed E-state index contributed by atoms with van der Waals surface area (Å²) in [6.07, 6.45) is 0.193. The third kappa shape index (κ3) is 2.49. The van der Waals surface area contributed by atoms with Crippen molar-refractivity contribution in [2.75, 3.05) is 11.5 Å². The minimum atomic E-state index is -0.877. The Bertz CT molecular complexity index is 789. The molecular formula is C19H19F2NO2. The van der Waals surface area contributed by atoms with Crippen LogP contribution in [0.5, 0.6) is 0 Å². The van der Waals surface area contributed by atoms with Crippen LogP contribution in [-0.2, 0) is 10.2 Å². The van der Waals surface area contributed by atoms with Crippen LogP contribution in [0.4, 0.5) is 14.5 Å². The highest BCUT2D eigenvalue weighted by Crippen LogP contribution is 2.47. The van der Waals surface area contributed by atoms with Crippen LogP contribution < -0.4 is 4.90 Å². The molecule has 1 heterocycles. The lowest BCUT2D eigenvalue weighted by Gasteiger charge is -2.30. The quantitative estimate of drug-likeness (QED) is 0.928. The largest absolute Gasteiger partial charge is 0.396 e.